The van der Waals surface area contributed by atoms with Crippen molar-refractivity contribution in [2.45, 2.75) is 44.0 Å². The van der Waals surface area contributed by atoms with E-state index >= 15 is 0 Å². The third kappa shape index (κ3) is 1.77. The van der Waals surface area contributed by atoms with Crippen molar-refractivity contribution in [3.8, 4) is 0 Å². The summed E-state index contributed by atoms with van der Waals surface area (Å²) in [5.74, 6) is 0.236. The molecule has 0 saturated carbocycles. The number of nitrogens with one attached hydrogen (secondary N) is 2. The van der Waals surface area contributed by atoms with Gasteiger partial charge in [-0.3, -0.25) is 10.1 Å². The standard InChI is InChI=1S/C12H21N3O2/c1-11(2)8-12(3-6-17-11)10-13-7-9(16)15(10)5-4-14-12/h10,13-14H,3-8H2,1-2H3. The molecule has 3 aliphatic heterocycles. The molecular weight excluding hydrogens is 218 g/mol. The van der Waals surface area contributed by atoms with E-state index in [9.17, 15) is 4.79 Å². The Kier molecular flexibility index (Phi) is 2.47. The molecule has 2 N–H and O–H groups in total. The summed E-state index contributed by atoms with van der Waals surface area (Å²) in [5.41, 5.74) is -0.117. The highest BCUT2D eigenvalue weighted by Crippen LogP contribution is 2.37. The normalized spacial score (nSPS) is 40.7. The predicted octanol–water partition coefficient (Wildman–Crippen LogP) is -0.325. The molecule has 3 rings (SSSR count). The zero-order valence-corrected chi connectivity index (χ0v) is 10.6. The Morgan fingerprint density at radius 1 is 1.47 bits per heavy atom. The van der Waals surface area contributed by atoms with Crippen molar-refractivity contribution in [3.05, 3.63) is 0 Å². The summed E-state index contributed by atoms with van der Waals surface area (Å²) >= 11 is 0. The van der Waals surface area contributed by atoms with Crippen LogP contribution in [0.2, 0.25) is 0 Å². The average Bonchev–Trinajstić information content (AvgIpc) is 2.61. The number of hydrogen-bond donors (Lipinski definition) is 2. The average molecular weight is 239 g/mol. The van der Waals surface area contributed by atoms with Crippen LogP contribution < -0.4 is 10.6 Å². The van der Waals surface area contributed by atoms with Gasteiger partial charge in [-0.15, -0.1) is 0 Å². The third-order valence-corrected chi connectivity index (χ3v) is 4.21. The molecule has 0 radical (unpaired) electrons. The molecule has 1 amide bonds. The molecule has 3 heterocycles. The number of fused-ring (bicyclic) bond motifs is 2. The molecule has 5 nitrogen and oxygen atoms in total. The number of carbonyl (C=O) groups excluding carboxylic acids is 1. The van der Waals surface area contributed by atoms with E-state index in [1.807, 2.05) is 4.90 Å². The lowest BCUT2D eigenvalue weighted by molar-refractivity contribution is -0.139. The lowest BCUT2D eigenvalue weighted by Gasteiger charge is -2.53. The highest BCUT2D eigenvalue weighted by atomic mass is 16.5. The largest absolute Gasteiger partial charge is 0.375 e. The monoisotopic (exact) mass is 239 g/mol. The maximum atomic E-state index is 11.8. The summed E-state index contributed by atoms with van der Waals surface area (Å²) < 4.78 is 5.80. The molecule has 2 atom stereocenters. The molecule has 3 saturated heterocycles. The van der Waals surface area contributed by atoms with Gasteiger partial charge >= 0.3 is 0 Å². The van der Waals surface area contributed by atoms with Crippen molar-refractivity contribution in [3.63, 3.8) is 0 Å². The van der Waals surface area contributed by atoms with E-state index in [4.69, 9.17) is 4.74 Å². The molecule has 1 spiro atoms. The number of piperazine rings is 1. The van der Waals surface area contributed by atoms with Gasteiger partial charge in [-0.2, -0.15) is 0 Å². The molecule has 2 unspecified atom stereocenters. The van der Waals surface area contributed by atoms with Crippen molar-refractivity contribution in [1.82, 2.24) is 15.5 Å². The van der Waals surface area contributed by atoms with Gasteiger partial charge in [0.15, 0.2) is 0 Å². The fourth-order valence-electron chi connectivity index (χ4n) is 3.60. The van der Waals surface area contributed by atoms with E-state index in [0.717, 1.165) is 32.5 Å². The molecule has 96 valence electrons. The predicted molar refractivity (Wildman–Crippen MR) is 63.5 cm³/mol. The van der Waals surface area contributed by atoms with Crippen LogP contribution in [-0.4, -0.2) is 54.4 Å². The zero-order chi connectivity index (χ0) is 12.1. The van der Waals surface area contributed by atoms with E-state index in [0.29, 0.717) is 6.54 Å². The molecule has 0 aliphatic carbocycles. The summed E-state index contributed by atoms with van der Waals surface area (Å²) in [7, 11) is 0. The van der Waals surface area contributed by atoms with Gasteiger partial charge in [0.05, 0.1) is 17.7 Å². The highest BCUT2D eigenvalue weighted by molar-refractivity contribution is 5.81. The molecule has 0 aromatic heterocycles. The van der Waals surface area contributed by atoms with E-state index in [2.05, 4.69) is 24.5 Å². The molecule has 0 aromatic carbocycles. The third-order valence-electron chi connectivity index (χ3n) is 4.21. The van der Waals surface area contributed by atoms with Crippen molar-refractivity contribution >= 4 is 5.91 Å². The number of nitrogens with zero attached hydrogens (tertiary/aromatic N) is 1. The molecule has 5 heteroatoms. The van der Waals surface area contributed by atoms with Crippen molar-refractivity contribution < 1.29 is 9.53 Å². The van der Waals surface area contributed by atoms with Gasteiger partial charge in [0.25, 0.3) is 0 Å². The Morgan fingerprint density at radius 3 is 3.06 bits per heavy atom. The molecule has 17 heavy (non-hydrogen) atoms. The van der Waals surface area contributed by atoms with Crippen LogP contribution >= 0.6 is 0 Å². The fraction of sp³-hybridized carbons (Fsp3) is 0.917. The first-order valence-electron chi connectivity index (χ1n) is 6.44. The van der Waals surface area contributed by atoms with Crippen LogP contribution in [0.25, 0.3) is 0 Å². The number of rotatable bonds is 0. The minimum absolute atomic E-state index is 0.00778. The van der Waals surface area contributed by atoms with Gasteiger partial charge in [-0.05, 0) is 26.7 Å². The van der Waals surface area contributed by atoms with Gasteiger partial charge in [-0.25, -0.2) is 0 Å². The fourth-order valence-corrected chi connectivity index (χ4v) is 3.60. The number of carbonyl (C=O) groups is 1. The summed E-state index contributed by atoms with van der Waals surface area (Å²) in [6.07, 6.45) is 2.06. The first kappa shape index (κ1) is 11.4. The summed E-state index contributed by atoms with van der Waals surface area (Å²) in [6.45, 7) is 7.21. The second-order valence-electron chi connectivity index (χ2n) is 5.99. The van der Waals surface area contributed by atoms with E-state index < -0.39 is 0 Å². The van der Waals surface area contributed by atoms with Crippen LogP contribution in [0.1, 0.15) is 26.7 Å². The first-order valence-corrected chi connectivity index (χ1v) is 6.44. The second kappa shape index (κ2) is 3.67. The van der Waals surface area contributed by atoms with Crippen molar-refractivity contribution in [2.24, 2.45) is 0 Å². The number of amides is 1. The Labute approximate surface area is 102 Å². The topological polar surface area (TPSA) is 53.6 Å². The van der Waals surface area contributed by atoms with Crippen molar-refractivity contribution in [2.75, 3.05) is 26.2 Å². The first-order chi connectivity index (χ1) is 8.03. The smallest absolute Gasteiger partial charge is 0.237 e. The lowest BCUT2D eigenvalue weighted by atomic mass is 9.77. The highest BCUT2D eigenvalue weighted by Gasteiger charge is 2.52. The zero-order valence-electron chi connectivity index (χ0n) is 10.6. The lowest BCUT2D eigenvalue weighted by Crippen LogP contribution is -2.71. The molecule has 3 fully saturated rings. The van der Waals surface area contributed by atoms with E-state index in [-0.39, 0.29) is 23.2 Å². The Balaban J connectivity index is 1.88. The Hall–Kier alpha value is -0.650. The van der Waals surface area contributed by atoms with Crippen LogP contribution in [0.4, 0.5) is 0 Å². The van der Waals surface area contributed by atoms with Crippen LogP contribution in [0, 0.1) is 0 Å². The molecular formula is C12H21N3O2. The number of ether oxygens (including phenoxy) is 1. The SMILES string of the molecule is CC1(C)CC2(CCO1)NCCN1C(=O)CNC12. The van der Waals surface area contributed by atoms with Gasteiger partial charge in [-0.1, -0.05) is 0 Å². The molecule has 0 aromatic rings. The van der Waals surface area contributed by atoms with Gasteiger partial charge in [0, 0.05) is 19.7 Å². The number of hydrogen-bond acceptors (Lipinski definition) is 4. The Morgan fingerprint density at radius 2 is 2.29 bits per heavy atom. The molecule has 3 aliphatic rings. The second-order valence-corrected chi connectivity index (χ2v) is 5.99. The maximum absolute atomic E-state index is 11.8. The molecule has 0 bridgehead atoms. The van der Waals surface area contributed by atoms with Gasteiger partial charge < -0.3 is 15.0 Å². The summed E-state index contributed by atoms with van der Waals surface area (Å²) in [5, 5.41) is 7.01. The maximum Gasteiger partial charge on any atom is 0.237 e. The van der Waals surface area contributed by atoms with Crippen LogP contribution in [-0.2, 0) is 9.53 Å². The minimum atomic E-state index is -0.110. The van der Waals surface area contributed by atoms with Crippen LogP contribution in [0.3, 0.4) is 0 Å². The van der Waals surface area contributed by atoms with Gasteiger partial charge in [0.2, 0.25) is 5.91 Å². The van der Waals surface area contributed by atoms with E-state index in [1.54, 1.807) is 0 Å². The summed E-state index contributed by atoms with van der Waals surface area (Å²) in [6, 6.07) is 0. The van der Waals surface area contributed by atoms with Gasteiger partial charge in [0.1, 0.15) is 6.17 Å². The Bertz CT molecular complexity index is 341. The van der Waals surface area contributed by atoms with Crippen LogP contribution in [0.5, 0.6) is 0 Å². The van der Waals surface area contributed by atoms with Crippen LogP contribution in [0.15, 0.2) is 0 Å². The van der Waals surface area contributed by atoms with Crippen molar-refractivity contribution in [1.29, 1.82) is 0 Å². The summed E-state index contributed by atoms with van der Waals surface area (Å²) in [4.78, 5) is 13.8. The van der Waals surface area contributed by atoms with E-state index in [1.165, 1.54) is 0 Å². The minimum Gasteiger partial charge on any atom is -0.375 e. The quantitative estimate of drug-likeness (QED) is 0.608.